The number of nitrogens with zero attached hydrogens (tertiary/aromatic N) is 2. The topological polar surface area (TPSA) is 53.1 Å². The lowest BCUT2D eigenvalue weighted by atomic mass is 10.1. The summed E-state index contributed by atoms with van der Waals surface area (Å²) in [7, 11) is 0. The van der Waals surface area contributed by atoms with Crippen LogP contribution in [0.1, 0.15) is 0 Å². The van der Waals surface area contributed by atoms with E-state index in [0.717, 1.165) is 24.5 Å². The Kier molecular flexibility index (Phi) is 3.94. The monoisotopic (exact) mass is 325 g/mol. The standard InChI is InChI=1S/C12H9F6N3O/c13-11(14,15)6-21-5-8(4-20-21)7-1-2-10(9(19)3-7)22-12(16,17)18/h1-5H,6,19H2. The molecule has 1 aromatic heterocycles. The Balaban J connectivity index is 2.22. The average molecular weight is 325 g/mol. The first-order valence-corrected chi connectivity index (χ1v) is 5.78. The van der Waals surface area contributed by atoms with Crippen LogP contribution >= 0.6 is 0 Å². The van der Waals surface area contributed by atoms with Crippen molar-refractivity contribution in [2.24, 2.45) is 0 Å². The highest BCUT2D eigenvalue weighted by Crippen LogP contribution is 2.32. The molecule has 0 amide bonds. The molecule has 2 rings (SSSR count). The van der Waals surface area contributed by atoms with Crippen LogP contribution in [0, 0.1) is 0 Å². The van der Waals surface area contributed by atoms with Gasteiger partial charge in [-0.2, -0.15) is 18.3 Å². The Hall–Kier alpha value is -2.39. The molecule has 4 nitrogen and oxygen atoms in total. The van der Waals surface area contributed by atoms with Crippen LogP contribution in [0.4, 0.5) is 32.0 Å². The summed E-state index contributed by atoms with van der Waals surface area (Å²) in [5.41, 5.74) is 5.76. The summed E-state index contributed by atoms with van der Waals surface area (Å²) in [4.78, 5) is 0. The summed E-state index contributed by atoms with van der Waals surface area (Å²) in [5, 5.41) is 3.53. The van der Waals surface area contributed by atoms with Gasteiger partial charge in [0.2, 0.25) is 0 Å². The van der Waals surface area contributed by atoms with E-state index in [1.165, 1.54) is 6.07 Å². The number of alkyl halides is 6. The van der Waals surface area contributed by atoms with Crippen molar-refractivity contribution in [1.82, 2.24) is 9.78 Å². The third-order valence-corrected chi connectivity index (χ3v) is 2.54. The predicted octanol–water partition coefficient (Wildman–Crippen LogP) is 3.59. The molecule has 0 bridgehead atoms. The number of nitrogens with two attached hydrogens (primary N) is 1. The summed E-state index contributed by atoms with van der Waals surface area (Å²) in [6.45, 7) is -1.27. The summed E-state index contributed by atoms with van der Waals surface area (Å²) in [6.07, 6.45) is -7.03. The summed E-state index contributed by atoms with van der Waals surface area (Å²) < 4.78 is 77.4. The Labute approximate surface area is 120 Å². The van der Waals surface area contributed by atoms with E-state index in [9.17, 15) is 26.3 Å². The lowest BCUT2D eigenvalue weighted by molar-refractivity contribution is -0.274. The lowest BCUT2D eigenvalue weighted by Crippen LogP contribution is -2.18. The van der Waals surface area contributed by atoms with E-state index >= 15 is 0 Å². The van der Waals surface area contributed by atoms with Gasteiger partial charge >= 0.3 is 12.5 Å². The van der Waals surface area contributed by atoms with Gasteiger partial charge in [-0.3, -0.25) is 4.68 Å². The van der Waals surface area contributed by atoms with Crippen molar-refractivity contribution in [2.75, 3.05) is 5.73 Å². The number of hydrogen-bond acceptors (Lipinski definition) is 3. The maximum atomic E-state index is 12.2. The highest BCUT2D eigenvalue weighted by Gasteiger charge is 2.32. The van der Waals surface area contributed by atoms with E-state index < -0.39 is 24.8 Å². The van der Waals surface area contributed by atoms with Crippen molar-refractivity contribution in [1.29, 1.82) is 0 Å². The Morgan fingerprint density at radius 2 is 1.77 bits per heavy atom. The number of ether oxygens (including phenoxy) is 1. The molecular formula is C12H9F6N3O. The van der Waals surface area contributed by atoms with Gasteiger partial charge in [0.1, 0.15) is 6.54 Å². The van der Waals surface area contributed by atoms with Crippen molar-refractivity contribution in [3.05, 3.63) is 30.6 Å². The molecule has 0 aliphatic carbocycles. The molecule has 0 aliphatic rings. The van der Waals surface area contributed by atoms with Crippen molar-refractivity contribution in [3.63, 3.8) is 0 Å². The maximum Gasteiger partial charge on any atom is 0.573 e. The normalized spacial score (nSPS) is 12.5. The third-order valence-electron chi connectivity index (χ3n) is 2.54. The fourth-order valence-electron chi connectivity index (χ4n) is 1.73. The number of hydrogen-bond donors (Lipinski definition) is 1. The molecule has 0 saturated carbocycles. The van der Waals surface area contributed by atoms with E-state index in [1.807, 2.05) is 0 Å². The van der Waals surface area contributed by atoms with Crippen LogP contribution < -0.4 is 10.5 Å². The van der Waals surface area contributed by atoms with Crippen LogP contribution in [-0.2, 0) is 6.54 Å². The maximum absolute atomic E-state index is 12.2. The highest BCUT2D eigenvalue weighted by molar-refractivity contribution is 5.69. The highest BCUT2D eigenvalue weighted by atomic mass is 19.4. The molecule has 0 aliphatic heterocycles. The van der Waals surface area contributed by atoms with Gasteiger partial charge in [0.15, 0.2) is 5.75 Å². The average Bonchev–Trinajstić information content (AvgIpc) is 2.76. The minimum Gasteiger partial charge on any atom is -0.404 e. The Morgan fingerprint density at radius 1 is 1.09 bits per heavy atom. The molecule has 0 unspecified atom stereocenters. The molecule has 1 heterocycles. The van der Waals surface area contributed by atoms with Crippen LogP contribution in [0.5, 0.6) is 5.75 Å². The number of rotatable bonds is 3. The van der Waals surface area contributed by atoms with E-state index in [0.29, 0.717) is 10.2 Å². The van der Waals surface area contributed by atoms with Crippen LogP contribution in [0.2, 0.25) is 0 Å². The van der Waals surface area contributed by atoms with Gasteiger partial charge in [0.05, 0.1) is 11.9 Å². The molecule has 0 atom stereocenters. The quantitative estimate of drug-likeness (QED) is 0.693. The molecular weight excluding hydrogens is 316 g/mol. The van der Waals surface area contributed by atoms with Crippen LogP contribution in [0.3, 0.4) is 0 Å². The number of aromatic nitrogens is 2. The third kappa shape index (κ3) is 4.30. The predicted molar refractivity (Wildman–Crippen MR) is 64.8 cm³/mol. The second-order valence-electron chi connectivity index (χ2n) is 4.34. The second-order valence-corrected chi connectivity index (χ2v) is 4.34. The van der Waals surface area contributed by atoms with Gasteiger partial charge in [-0.1, -0.05) is 6.07 Å². The minimum absolute atomic E-state index is 0.287. The zero-order chi connectivity index (χ0) is 16.5. The molecule has 0 spiro atoms. The van der Waals surface area contributed by atoms with Crippen molar-refractivity contribution in [3.8, 4) is 16.9 Å². The first-order chi connectivity index (χ1) is 10.0. The zero-order valence-corrected chi connectivity index (χ0v) is 10.7. The molecule has 2 N–H and O–H groups in total. The Bertz CT molecular complexity index is 662. The van der Waals surface area contributed by atoms with Crippen molar-refractivity contribution >= 4 is 5.69 Å². The van der Waals surface area contributed by atoms with Crippen molar-refractivity contribution < 1.29 is 31.1 Å². The number of nitrogen functional groups attached to an aromatic ring is 1. The van der Waals surface area contributed by atoms with Gasteiger partial charge in [0.25, 0.3) is 0 Å². The molecule has 0 radical (unpaired) electrons. The molecule has 0 saturated heterocycles. The lowest BCUT2D eigenvalue weighted by Gasteiger charge is -2.11. The summed E-state index contributed by atoms with van der Waals surface area (Å²) in [5.74, 6) is -0.584. The first-order valence-electron chi connectivity index (χ1n) is 5.78. The first kappa shape index (κ1) is 16.0. The van der Waals surface area contributed by atoms with E-state index in [4.69, 9.17) is 5.73 Å². The SMILES string of the molecule is Nc1cc(-c2cnn(CC(F)(F)F)c2)ccc1OC(F)(F)F. The minimum atomic E-state index is -4.88. The molecule has 22 heavy (non-hydrogen) atoms. The fraction of sp³-hybridized carbons (Fsp3) is 0.250. The van der Waals surface area contributed by atoms with Gasteiger partial charge in [-0.05, 0) is 17.7 Å². The van der Waals surface area contributed by atoms with Gasteiger partial charge in [-0.15, -0.1) is 13.2 Å². The second kappa shape index (κ2) is 5.43. The zero-order valence-electron chi connectivity index (χ0n) is 10.7. The smallest absolute Gasteiger partial charge is 0.404 e. The fourth-order valence-corrected chi connectivity index (χ4v) is 1.73. The van der Waals surface area contributed by atoms with E-state index in [2.05, 4.69) is 9.84 Å². The van der Waals surface area contributed by atoms with E-state index in [-0.39, 0.29) is 11.3 Å². The number of halogens is 6. The molecule has 120 valence electrons. The van der Waals surface area contributed by atoms with E-state index in [1.54, 1.807) is 0 Å². The summed E-state index contributed by atoms with van der Waals surface area (Å²) in [6, 6.07) is 3.39. The number of anilines is 1. The Morgan fingerprint density at radius 3 is 2.32 bits per heavy atom. The number of benzene rings is 1. The van der Waals surface area contributed by atoms with Crippen molar-refractivity contribution in [2.45, 2.75) is 19.1 Å². The van der Waals surface area contributed by atoms with Crippen LogP contribution in [0.25, 0.3) is 11.1 Å². The van der Waals surface area contributed by atoms with Crippen LogP contribution in [-0.4, -0.2) is 22.3 Å². The van der Waals surface area contributed by atoms with Gasteiger partial charge in [-0.25, -0.2) is 0 Å². The largest absolute Gasteiger partial charge is 0.573 e. The molecule has 10 heteroatoms. The molecule has 1 aromatic carbocycles. The molecule has 0 fully saturated rings. The van der Waals surface area contributed by atoms with Crippen LogP contribution in [0.15, 0.2) is 30.6 Å². The summed E-state index contributed by atoms with van der Waals surface area (Å²) >= 11 is 0. The van der Waals surface area contributed by atoms with Gasteiger partial charge < -0.3 is 10.5 Å². The molecule has 2 aromatic rings. The van der Waals surface area contributed by atoms with Gasteiger partial charge in [0, 0.05) is 11.8 Å².